The molecule has 1 aromatic rings. The second-order valence-corrected chi connectivity index (χ2v) is 4.59. The Morgan fingerprint density at radius 2 is 2.38 bits per heavy atom. The molecule has 0 spiro atoms. The van der Waals surface area contributed by atoms with E-state index in [1.54, 1.807) is 0 Å². The largest absolute Gasteiger partial charge is 0.316 e. The van der Waals surface area contributed by atoms with Gasteiger partial charge in [0.1, 0.15) is 12.2 Å². The molecule has 1 atom stereocenters. The number of hydrogen-bond donors (Lipinski definition) is 1. The molecule has 1 aromatic heterocycles. The molecule has 2 rings (SSSR count). The van der Waals surface area contributed by atoms with Crippen LogP contribution in [0.25, 0.3) is 0 Å². The van der Waals surface area contributed by atoms with Crippen LogP contribution in [-0.4, -0.2) is 21.3 Å². The van der Waals surface area contributed by atoms with Gasteiger partial charge in [0, 0.05) is 6.54 Å². The van der Waals surface area contributed by atoms with Crippen LogP contribution in [0.2, 0.25) is 0 Å². The topological polar surface area (TPSA) is 42.7 Å². The maximum absolute atomic E-state index is 4.27. The Labute approximate surface area is 97.5 Å². The summed E-state index contributed by atoms with van der Waals surface area (Å²) in [4.78, 5) is 0. The predicted octanol–water partition coefficient (Wildman–Crippen LogP) is 2.28. The van der Waals surface area contributed by atoms with Gasteiger partial charge in [-0.3, -0.25) is 0 Å². The van der Waals surface area contributed by atoms with E-state index in [-0.39, 0.29) is 0 Å². The van der Waals surface area contributed by atoms with Crippen LogP contribution in [0.3, 0.4) is 0 Å². The maximum atomic E-state index is 4.27. The highest BCUT2D eigenvalue weighted by Gasteiger charge is 2.19. The first kappa shape index (κ1) is 11.6. The Bertz CT molecular complexity index is 302. The standard InChI is InChI=1S/C12H22N4/c1-2-3-6-9-16-10-14-15-12(16)11-7-4-5-8-13-11/h10-11,13H,2-9H2,1H3. The van der Waals surface area contributed by atoms with Gasteiger partial charge >= 0.3 is 0 Å². The molecule has 0 radical (unpaired) electrons. The Kier molecular flexibility index (Phi) is 4.34. The Hall–Kier alpha value is -0.900. The van der Waals surface area contributed by atoms with E-state index < -0.39 is 0 Å². The van der Waals surface area contributed by atoms with Crippen LogP contribution in [-0.2, 0) is 6.54 Å². The molecule has 1 unspecified atom stereocenters. The number of unbranched alkanes of at least 4 members (excludes halogenated alkanes) is 2. The Morgan fingerprint density at radius 3 is 3.12 bits per heavy atom. The van der Waals surface area contributed by atoms with E-state index in [0.717, 1.165) is 18.9 Å². The molecule has 0 aromatic carbocycles. The van der Waals surface area contributed by atoms with Crippen molar-refractivity contribution in [3.05, 3.63) is 12.2 Å². The van der Waals surface area contributed by atoms with Gasteiger partial charge in [-0.15, -0.1) is 10.2 Å². The zero-order valence-corrected chi connectivity index (χ0v) is 10.2. The second-order valence-electron chi connectivity index (χ2n) is 4.59. The highest BCUT2D eigenvalue weighted by Crippen LogP contribution is 2.21. The molecule has 1 fully saturated rings. The molecule has 90 valence electrons. The molecule has 0 aliphatic carbocycles. The summed E-state index contributed by atoms with van der Waals surface area (Å²) in [6, 6.07) is 0.429. The van der Waals surface area contributed by atoms with Crippen molar-refractivity contribution in [1.82, 2.24) is 20.1 Å². The van der Waals surface area contributed by atoms with Crippen molar-refractivity contribution in [1.29, 1.82) is 0 Å². The zero-order chi connectivity index (χ0) is 11.2. The van der Waals surface area contributed by atoms with Gasteiger partial charge in [-0.2, -0.15) is 0 Å². The number of aryl methyl sites for hydroxylation is 1. The molecule has 0 bridgehead atoms. The molecule has 0 saturated carbocycles. The number of piperidine rings is 1. The van der Waals surface area contributed by atoms with Crippen molar-refractivity contribution >= 4 is 0 Å². The molecule has 1 saturated heterocycles. The number of aromatic nitrogens is 3. The minimum Gasteiger partial charge on any atom is -0.316 e. The predicted molar refractivity (Wildman–Crippen MR) is 64.1 cm³/mol. The highest BCUT2D eigenvalue weighted by atomic mass is 15.3. The number of rotatable bonds is 5. The molecule has 16 heavy (non-hydrogen) atoms. The quantitative estimate of drug-likeness (QED) is 0.777. The average molecular weight is 222 g/mol. The monoisotopic (exact) mass is 222 g/mol. The lowest BCUT2D eigenvalue weighted by atomic mass is 10.0. The summed E-state index contributed by atoms with van der Waals surface area (Å²) >= 11 is 0. The molecule has 1 aliphatic heterocycles. The van der Waals surface area contributed by atoms with Crippen molar-refractivity contribution < 1.29 is 0 Å². The van der Waals surface area contributed by atoms with Crippen LogP contribution in [0.15, 0.2) is 6.33 Å². The van der Waals surface area contributed by atoms with Crippen molar-refractivity contribution in [3.8, 4) is 0 Å². The van der Waals surface area contributed by atoms with Crippen molar-refractivity contribution in [2.45, 2.75) is 58.0 Å². The van der Waals surface area contributed by atoms with Crippen LogP contribution in [0.5, 0.6) is 0 Å². The molecule has 1 N–H and O–H groups in total. The molecule has 4 heteroatoms. The van der Waals surface area contributed by atoms with Crippen LogP contribution in [0.4, 0.5) is 0 Å². The van der Waals surface area contributed by atoms with E-state index in [0.29, 0.717) is 6.04 Å². The lowest BCUT2D eigenvalue weighted by Gasteiger charge is -2.23. The van der Waals surface area contributed by atoms with Gasteiger partial charge in [0.25, 0.3) is 0 Å². The van der Waals surface area contributed by atoms with Gasteiger partial charge in [-0.05, 0) is 25.8 Å². The van der Waals surface area contributed by atoms with Gasteiger partial charge in [-0.25, -0.2) is 0 Å². The summed E-state index contributed by atoms with van der Waals surface area (Å²) in [7, 11) is 0. The summed E-state index contributed by atoms with van der Waals surface area (Å²) in [5, 5.41) is 11.8. The third-order valence-corrected chi connectivity index (χ3v) is 3.27. The van der Waals surface area contributed by atoms with E-state index in [9.17, 15) is 0 Å². The summed E-state index contributed by atoms with van der Waals surface area (Å²) in [5.41, 5.74) is 0. The van der Waals surface area contributed by atoms with Crippen molar-refractivity contribution in [2.75, 3.05) is 6.54 Å². The zero-order valence-electron chi connectivity index (χ0n) is 10.2. The molecular weight excluding hydrogens is 200 g/mol. The molecule has 2 heterocycles. The molecule has 0 amide bonds. The number of hydrogen-bond acceptors (Lipinski definition) is 3. The second kappa shape index (κ2) is 5.99. The van der Waals surface area contributed by atoms with E-state index in [4.69, 9.17) is 0 Å². The van der Waals surface area contributed by atoms with Crippen molar-refractivity contribution in [3.63, 3.8) is 0 Å². The van der Waals surface area contributed by atoms with Gasteiger partial charge in [0.15, 0.2) is 0 Å². The lowest BCUT2D eigenvalue weighted by molar-refractivity contribution is 0.382. The minimum absolute atomic E-state index is 0.429. The third-order valence-electron chi connectivity index (χ3n) is 3.27. The first-order valence-corrected chi connectivity index (χ1v) is 6.53. The molecular formula is C12H22N4. The summed E-state index contributed by atoms with van der Waals surface area (Å²) in [6.45, 7) is 4.41. The fraction of sp³-hybridized carbons (Fsp3) is 0.833. The van der Waals surface area contributed by atoms with Crippen LogP contribution in [0, 0.1) is 0 Å². The fourth-order valence-corrected chi connectivity index (χ4v) is 2.31. The Balaban J connectivity index is 1.94. The molecule has 1 aliphatic rings. The summed E-state index contributed by atoms with van der Waals surface area (Å²) in [5.74, 6) is 1.14. The van der Waals surface area contributed by atoms with Gasteiger partial charge < -0.3 is 9.88 Å². The number of nitrogens with zero attached hydrogens (tertiary/aromatic N) is 3. The van der Waals surface area contributed by atoms with E-state index in [1.807, 2.05) is 6.33 Å². The van der Waals surface area contributed by atoms with Crippen LogP contribution in [0.1, 0.15) is 57.3 Å². The van der Waals surface area contributed by atoms with Crippen molar-refractivity contribution in [2.24, 2.45) is 0 Å². The minimum atomic E-state index is 0.429. The Morgan fingerprint density at radius 1 is 1.44 bits per heavy atom. The van der Waals surface area contributed by atoms with Crippen LogP contribution >= 0.6 is 0 Å². The number of nitrogens with one attached hydrogen (secondary N) is 1. The SMILES string of the molecule is CCCCCn1cnnc1C1CCCCN1. The summed E-state index contributed by atoms with van der Waals surface area (Å²) < 4.78 is 2.22. The van der Waals surface area contributed by atoms with Gasteiger partial charge in [0.2, 0.25) is 0 Å². The smallest absolute Gasteiger partial charge is 0.149 e. The van der Waals surface area contributed by atoms with E-state index in [1.165, 1.54) is 38.5 Å². The maximum Gasteiger partial charge on any atom is 0.149 e. The fourth-order valence-electron chi connectivity index (χ4n) is 2.31. The average Bonchev–Trinajstić information content (AvgIpc) is 2.79. The lowest BCUT2D eigenvalue weighted by Crippen LogP contribution is -2.29. The normalized spacial score (nSPS) is 21.2. The molecule has 4 nitrogen and oxygen atoms in total. The van der Waals surface area contributed by atoms with E-state index >= 15 is 0 Å². The first-order valence-electron chi connectivity index (χ1n) is 6.53. The van der Waals surface area contributed by atoms with E-state index in [2.05, 4.69) is 27.0 Å². The van der Waals surface area contributed by atoms with Crippen LogP contribution < -0.4 is 5.32 Å². The first-order chi connectivity index (χ1) is 7.92. The van der Waals surface area contributed by atoms with Gasteiger partial charge in [0.05, 0.1) is 6.04 Å². The van der Waals surface area contributed by atoms with Gasteiger partial charge in [-0.1, -0.05) is 26.2 Å². The highest BCUT2D eigenvalue weighted by molar-refractivity contribution is 4.96. The summed E-state index contributed by atoms with van der Waals surface area (Å²) in [6.07, 6.45) is 9.46. The third kappa shape index (κ3) is 2.82.